The van der Waals surface area contributed by atoms with E-state index in [9.17, 15) is 9.59 Å². The summed E-state index contributed by atoms with van der Waals surface area (Å²) in [5.41, 5.74) is 0. The summed E-state index contributed by atoms with van der Waals surface area (Å²) in [6, 6.07) is 0. The van der Waals surface area contributed by atoms with Crippen LogP contribution in [-0.4, -0.2) is 46.7 Å². The van der Waals surface area contributed by atoms with Gasteiger partial charge in [0.1, 0.15) is 0 Å². The monoisotopic (exact) mass is 287 g/mol. The molecule has 20 heavy (non-hydrogen) atoms. The molecule has 0 aliphatic rings. The highest BCUT2D eigenvalue weighted by molar-refractivity contribution is 5.69. The van der Waals surface area contributed by atoms with Crippen molar-refractivity contribution in [3.63, 3.8) is 0 Å². The summed E-state index contributed by atoms with van der Waals surface area (Å²) in [5.74, 6) is -1.99. The van der Waals surface area contributed by atoms with E-state index in [1.165, 1.54) is 19.3 Å². The van der Waals surface area contributed by atoms with Gasteiger partial charge in [-0.1, -0.05) is 39.5 Å². The van der Waals surface area contributed by atoms with Gasteiger partial charge in [-0.15, -0.1) is 0 Å². The molecule has 0 spiro atoms. The number of aliphatic carboxylic acids is 2. The summed E-state index contributed by atoms with van der Waals surface area (Å²) in [7, 11) is 0. The number of hydrogen-bond donors (Lipinski definition) is 2. The van der Waals surface area contributed by atoms with E-state index >= 15 is 0 Å². The zero-order valence-electron chi connectivity index (χ0n) is 12.8. The first kappa shape index (κ1) is 18.9. The van der Waals surface area contributed by atoms with Crippen molar-refractivity contribution >= 4 is 11.9 Å². The minimum atomic E-state index is -0.792. The molecule has 0 amide bonds. The van der Waals surface area contributed by atoms with Crippen LogP contribution in [0.25, 0.3) is 0 Å². The molecule has 0 radical (unpaired) electrons. The maximum Gasteiger partial charge on any atom is 0.307 e. The molecule has 0 aliphatic heterocycles. The molecule has 5 heteroatoms. The molecule has 5 nitrogen and oxygen atoms in total. The van der Waals surface area contributed by atoms with Gasteiger partial charge in [-0.25, -0.2) is 0 Å². The second kappa shape index (κ2) is 11.7. The molecule has 118 valence electrons. The number of nitrogens with zero attached hydrogens (tertiary/aromatic N) is 1. The predicted molar refractivity (Wildman–Crippen MR) is 78.9 cm³/mol. The molecule has 0 fully saturated rings. The lowest BCUT2D eigenvalue weighted by molar-refractivity contribution is -0.142. The normalized spacial score (nSPS) is 12.6. The standard InChI is InChI=1S/C15H29NO4/c1-3-4-5-6-7-10-16(11-8-9-14(17)18)12-13(2)15(19)20/h13H,3-12H2,1-2H3,(H,17,18)(H,19,20). The molecule has 0 aliphatic carbocycles. The van der Waals surface area contributed by atoms with E-state index in [4.69, 9.17) is 10.2 Å². The number of unbranched alkanes of at least 4 members (excludes halogenated alkanes) is 4. The number of rotatable bonds is 13. The third-order valence-electron chi connectivity index (χ3n) is 3.40. The van der Waals surface area contributed by atoms with Crippen LogP contribution in [0.5, 0.6) is 0 Å². The third-order valence-corrected chi connectivity index (χ3v) is 3.40. The average molecular weight is 287 g/mol. The first-order chi connectivity index (χ1) is 9.47. The van der Waals surface area contributed by atoms with E-state index < -0.39 is 17.9 Å². The maximum absolute atomic E-state index is 10.9. The molecule has 0 heterocycles. The predicted octanol–water partition coefficient (Wildman–Crippen LogP) is 2.84. The van der Waals surface area contributed by atoms with Crippen LogP contribution in [0.15, 0.2) is 0 Å². The fourth-order valence-corrected chi connectivity index (χ4v) is 2.15. The Morgan fingerprint density at radius 1 is 1.00 bits per heavy atom. The molecule has 1 unspecified atom stereocenters. The molecule has 2 N–H and O–H groups in total. The maximum atomic E-state index is 10.9. The summed E-state index contributed by atoms with van der Waals surface area (Å²) < 4.78 is 0. The van der Waals surface area contributed by atoms with E-state index in [1.54, 1.807) is 6.92 Å². The average Bonchev–Trinajstić information content (AvgIpc) is 2.37. The van der Waals surface area contributed by atoms with E-state index in [0.29, 0.717) is 19.5 Å². The lowest BCUT2D eigenvalue weighted by Gasteiger charge is -2.24. The van der Waals surface area contributed by atoms with Crippen LogP contribution in [0.1, 0.15) is 58.8 Å². The molecule has 1 atom stereocenters. The van der Waals surface area contributed by atoms with Crippen LogP contribution >= 0.6 is 0 Å². The molecule has 0 saturated heterocycles. The minimum absolute atomic E-state index is 0.147. The van der Waals surface area contributed by atoms with Gasteiger partial charge in [0, 0.05) is 13.0 Å². The SMILES string of the molecule is CCCCCCCN(CCCC(=O)O)CC(C)C(=O)O. The van der Waals surface area contributed by atoms with Gasteiger partial charge in [0.05, 0.1) is 5.92 Å². The van der Waals surface area contributed by atoms with Crippen LogP contribution in [0.3, 0.4) is 0 Å². The molecule has 0 bridgehead atoms. The number of carbonyl (C=O) groups is 2. The van der Waals surface area contributed by atoms with Crippen molar-refractivity contribution in [2.24, 2.45) is 5.92 Å². The Labute approximate surface area is 122 Å². The highest BCUT2D eigenvalue weighted by Gasteiger charge is 2.16. The summed E-state index contributed by atoms with van der Waals surface area (Å²) >= 11 is 0. The van der Waals surface area contributed by atoms with Crippen molar-refractivity contribution < 1.29 is 19.8 Å². The van der Waals surface area contributed by atoms with Gasteiger partial charge >= 0.3 is 11.9 Å². The number of hydrogen-bond acceptors (Lipinski definition) is 3. The Hall–Kier alpha value is -1.10. The van der Waals surface area contributed by atoms with Gasteiger partial charge in [0.15, 0.2) is 0 Å². The van der Waals surface area contributed by atoms with Crippen molar-refractivity contribution in [3.8, 4) is 0 Å². The van der Waals surface area contributed by atoms with Crippen molar-refractivity contribution in [3.05, 3.63) is 0 Å². The highest BCUT2D eigenvalue weighted by atomic mass is 16.4. The second-order valence-electron chi connectivity index (χ2n) is 5.45. The van der Waals surface area contributed by atoms with Crippen molar-refractivity contribution in [1.82, 2.24) is 4.90 Å². The van der Waals surface area contributed by atoms with Gasteiger partial charge < -0.3 is 15.1 Å². The number of carboxylic acid groups (broad SMARTS) is 2. The fraction of sp³-hybridized carbons (Fsp3) is 0.867. The van der Waals surface area contributed by atoms with Crippen LogP contribution in [0.4, 0.5) is 0 Å². The Morgan fingerprint density at radius 3 is 2.15 bits per heavy atom. The van der Waals surface area contributed by atoms with Crippen LogP contribution in [-0.2, 0) is 9.59 Å². The minimum Gasteiger partial charge on any atom is -0.481 e. The summed E-state index contributed by atoms with van der Waals surface area (Å²) in [5, 5.41) is 17.6. The first-order valence-corrected chi connectivity index (χ1v) is 7.64. The van der Waals surface area contributed by atoms with E-state index in [-0.39, 0.29) is 6.42 Å². The van der Waals surface area contributed by atoms with Crippen LogP contribution < -0.4 is 0 Å². The fourth-order valence-electron chi connectivity index (χ4n) is 2.15. The molecule has 0 rings (SSSR count). The zero-order chi connectivity index (χ0) is 15.4. The van der Waals surface area contributed by atoms with Crippen molar-refractivity contribution in [2.75, 3.05) is 19.6 Å². The Balaban J connectivity index is 4.03. The van der Waals surface area contributed by atoms with Crippen LogP contribution in [0, 0.1) is 5.92 Å². The van der Waals surface area contributed by atoms with Gasteiger partial charge in [0.25, 0.3) is 0 Å². The van der Waals surface area contributed by atoms with Crippen molar-refractivity contribution in [2.45, 2.75) is 58.8 Å². The topological polar surface area (TPSA) is 77.8 Å². The molecular weight excluding hydrogens is 258 g/mol. The summed E-state index contributed by atoms with van der Waals surface area (Å²) in [4.78, 5) is 23.5. The van der Waals surface area contributed by atoms with E-state index in [0.717, 1.165) is 19.4 Å². The van der Waals surface area contributed by atoms with Gasteiger partial charge in [-0.3, -0.25) is 9.59 Å². The molecule has 0 aromatic rings. The van der Waals surface area contributed by atoms with Crippen LogP contribution in [0.2, 0.25) is 0 Å². The Morgan fingerprint density at radius 2 is 1.60 bits per heavy atom. The van der Waals surface area contributed by atoms with Gasteiger partial charge in [-0.05, 0) is 25.9 Å². The van der Waals surface area contributed by atoms with Crippen molar-refractivity contribution in [1.29, 1.82) is 0 Å². The molecule has 0 aromatic heterocycles. The lowest BCUT2D eigenvalue weighted by atomic mass is 10.1. The Kier molecular flexibility index (Phi) is 11.1. The molecule has 0 saturated carbocycles. The summed E-state index contributed by atoms with van der Waals surface area (Å²) in [6.45, 7) is 5.90. The largest absolute Gasteiger partial charge is 0.481 e. The van der Waals surface area contributed by atoms with Gasteiger partial charge in [0.2, 0.25) is 0 Å². The highest BCUT2D eigenvalue weighted by Crippen LogP contribution is 2.08. The van der Waals surface area contributed by atoms with Gasteiger partial charge in [-0.2, -0.15) is 0 Å². The quantitative estimate of drug-likeness (QED) is 0.509. The second-order valence-corrected chi connectivity index (χ2v) is 5.45. The third kappa shape index (κ3) is 10.8. The zero-order valence-corrected chi connectivity index (χ0v) is 12.8. The summed E-state index contributed by atoms with van der Waals surface area (Å²) in [6.07, 6.45) is 6.60. The lowest BCUT2D eigenvalue weighted by Crippen LogP contribution is -2.33. The Bertz CT molecular complexity index is 281. The molecule has 0 aromatic carbocycles. The number of carboxylic acids is 2. The molecular formula is C15H29NO4. The first-order valence-electron chi connectivity index (χ1n) is 7.64. The van der Waals surface area contributed by atoms with E-state index in [1.807, 2.05) is 0 Å². The van der Waals surface area contributed by atoms with E-state index in [2.05, 4.69) is 11.8 Å². The smallest absolute Gasteiger partial charge is 0.307 e.